The predicted molar refractivity (Wildman–Crippen MR) is 69.8 cm³/mol. The van der Waals surface area contributed by atoms with Crippen LogP contribution in [0.25, 0.3) is 0 Å². The van der Waals surface area contributed by atoms with Gasteiger partial charge in [0.2, 0.25) is 5.91 Å². The van der Waals surface area contributed by atoms with Crippen molar-refractivity contribution in [2.24, 2.45) is 0 Å². The zero-order valence-corrected chi connectivity index (χ0v) is 11.4. The lowest BCUT2D eigenvalue weighted by molar-refractivity contribution is -0.143. The summed E-state index contributed by atoms with van der Waals surface area (Å²) in [4.78, 5) is 24.9. The highest BCUT2D eigenvalue weighted by Crippen LogP contribution is 2.22. The lowest BCUT2D eigenvalue weighted by Crippen LogP contribution is -2.38. The highest BCUT2D eigenvalue weighted by molar-refractivity contribution is 5.93. The molecular weight excluding hydrogens is 246 g/mol. The van der Waals surface area contributed by atoms with E-state index in [1.165, 1.54) is 0 Å². The van der Waals surface area contributed by atoms with Crippen molar-refractivity contribution < 1.29 is 14.3 Å². The van der Waals surface area contributed by atoms with E-state index in [1.807, 2.05) is 17.7 Å². The minimum Gasteiger partial charge on any atom is -0.466 e. The Bertz CT molecular complexity index is 481. The van der Waals surface area contributed by atoms with Crippen molar-refractivity contribution in [3.05, 3.63) is 11.8 Å². The third-order valence-electron chi connectivity index (χ3n) is 3.06. The number of fused-ring (bicyclic) bond motifs is 1. The Hall–Kier alpha value is -1.85. The quantitative estimate of drug-likeness (QED) is 0.752. The van der Waals surface area contributed by atoms with Gasteiger partial charge in [0.15, 0.2) is 0 Å². The van der Waals surface area contributed by atoms with Crippen LogP contribution in [-0.2, 0) is 20.9 Å². The average Bonchev–Trinajstić information content (AvgIpc) is 2.73. The van der Waals surface area contributed by atoms with Crippen LogP contribution >= 0.6 is 0 Å². The molecule has 2 heterocycles. The maximum atomic E-state index is 11.9. The number of rotatable bonds is 5. The number of esters is 1. The number of anilines is 1. The van der Waals surface area contributed by atoms with Gasteiger partial charge in [0.1, 0.15) is 5.82 Å². The number of amides is 1. The van der Waals surface area contributed by atoms with E-state index in [0.29, 0.717) is 39.0 Å². The highest BCUT2D eigenvalue weighted by atomic mass is 16.5. The molecule has 0 spiro atoms. The first-order valence-corrected chi connectivity index (χ1v) is 6.62. The normalized spacial score (nSPS) is 14.4. The fourth-order valence-electron chi connectivity index (χ4n) is 2.23. The average molecular weight is 265 g/mol. The summed E-state index contributed by atoms with van der Waals surface area (Å²) in [6, 6.07) is 1.90. The first kappa shape index (κ1) is 13.6. The Morgan fingerprint density at radius 2 is 2.32 bits per heavy atom. The van der Waals surface area contributed by atoms with E-state index in [9.17, 15) is 9.59 Å². The van der Waals surface area contributed by atoms with Crippen LogP contribution in [0.2, 0.25) is 0 Å². The van der Waals surface area contributed by atoms with Crippen molar-refractivity contribution in [3.8, 4) is 0 Å². The molecule has 0 saturated carbocycles. The third kappa shape index (κ3) is 3.13. The first-order valence-electron chi connectivity index (χ1n) is 6.62. The molecule has 1 aromatic rings. The molecule has 104 valence electrons. The molecule has 6 heteroatoms. The van der Waals surface area contributed by atoms with Gasteiger partial charge in [-0.3, -0.25) is 14.5 Å². The van der Waals surface area contributed by atoms with Gasteiger partial charge < -0.3 is 4.74 Å². The van der Waals surface area contributed by atoms with Gasteiger partial charge in [0, 0.05) is 25.5 Å². The molecule has 19 heavy (non-hydrogen) atoms. The van der Waals surface area contributed by atoms with E-state index >= 15 is 0 Å². The summed E-state index contributed by atoms with van der Waals surface area (Å²) in [5.74, 6) is 0.713. The zero-order chi connectivity index (χ0) is 13.8. The Morgan fingerprint density at radius 1 is 1.53 bits per heavy atom. The topological polar surface area (TPSA) is 64.4 Å². The van der Waals surface area contributed by atoms with Crippen LogP contribution in [-0.4, -0.2) is 34.8 Å². The van der Waals surface area contributed by atoms with Gasteiger partial charge in [0.25, 0.3) is 0 Å². The van der Waals surface area contributed by atoms with Crippen LogP contribution in [0.4, 0.5) is 5.82 Å². The van der Waals surface area contributed by atoms with Gasteiger partial charge in [-0.1, -0.05) is 0 Å². The molecule has 1 amide bonds. The molecule has 1 aliphatic rings. The van der Waals surface area contributed by atoms with Gasteiger partial charge in [-0.05, 0) is 20.3 Å². The van der Waals surface area contributed by atoms with Crippen LogP contribution < -0.4 is 4.90 Å². The van der Waals surface area contributed by atoms with Crippen molar-refractivity contribution in [2.45, 2.75) is 39.7 Å². The van der Waals surface area contributed by atoms with Crippen molar-refractivity contribution in [2.75, 3.05) is 18.1 Å². The number of ether oxygens (including phenoxy) is 1. The summed E-state index contributed by atoms with van der Waals surface area (Å²) in [5.41, 5.74) is 0.903. The van der Waals surface area contributed by atoms with E-state index in [1.54, 1.807) is 11.8 Å². The number of carbonyl (C=O) groups excluding carboxylic acids is 2. The predicted octanol–water partition coefficient (Wildman–Crippen LogP) is 1.27. The summed E-state index contributed by atoms with van der Waals surface area (Å²) < 4.78 is 6.72. The molecule has 2 rings (SSSR count). The number of aryl methyl sites for hydroxylation is 2. The van der Waals surface area contributed by atoms with Gasteiger partial charge in [-0.2, -0.15) is 5.10 Å². The van der Waals surface area contributed by atoms with E-state index < -0.39 is 0 Å². The van der Waals surface area contributed by atoms with Crippen molar-refractivity contribution in [1.29, 1.82) is 0 Å². The number of aromatic nitrogens is 2. The minimum atomic E-state index is -0.211. The van der Waals surface area contributed by atoms with Gasteiger partial charge in [-0.15, -0.1) is 0 Å². The molecule has 0 radical (unpaired) electrons. The van der Waals surface area contributed by atoms with E-state index in [-0.39, 0.29) is 11.9 Å². The third-order valence-corrected chi connectivity index (χ3v) is 3.06. The number of carbonyl (C=O) groups is 2. The minimum absolute atomic E-state index is 0.0938. The van der Waals surface area contributed by atoms with E-state index in [0.717, 1.165) is 11.5 Å². The molecule has 0 N–H and O–H groups in total. The van der Waals surface area contributed by atoms with Crippen molar-refractivity contribution in [3.63, 3.8) is 0 Å². The Balaban J connectivity index is 1.96. The fraction of sp³-hybridized carbons (Fsp3) is 0.615. The van der Waals surface area contributed by atoms with Gasteiger partial charge in [-0.25, -0.2) is 4.68 Å². The molecule has 0 bridgehead atoms. The Kier molecular flexibility index (Phi) is 4.19. The molecular formula is C13H19N3O3. The second-order valence-corrected chi connectivity index (χ2v) is 4.57. The maximum absolute atomic E-state index is 11.9. The lowest BCUT2D eigenvalue weighted by atomic mass is 10.2. The summed E-state index contributed by atoms with van der Waals surface area (Å²) in [5, 5.41) is 4.34. The molecule has 6 nitrogen and oxygen atoms in total. The molecule has 0 aromatic carbocycles. The summed E-state index contributed by atoms with van der Waals surface area (Å²) in [7, 11) is 0. The number of hydrogen-bond acceptors (Lipinski definition) is 4. The Morgan fingerprint density at radius 3 is 3.05 bits per heavy atom. The zero-order valence-electron chi connectivity index (χ0n) is 11.4. The van der Waals surface area contributed by atoms with E-state index in [2.05, 4.69) is 5.10 Å². The number of hydrogen-bond donors (Lipinski definition) is 0. The first-order chi connectivity index (χ1) is 9.11. The molecule has 0 aliphatic carbocycles. The SMILES string of the molecule is CCOC(=O)CCCN1C(=O)CCn2nc(C)cc21. The molecule has 0 atom stereocenters. The molecule has 1 aromatic heterocycles. The molecule has 1 aliphatic heterocycles. The van der Waals surface area contributed by atoms with Crippen LogP contribution in [0.5, 0.6) is 0 Å². The van der Waals surface area contributed by atoms with Crippen LogP contribution in [0.3, 0.4) is 0 Å². The summed E-state index contributed by atoms with van der Waals surface area (Å²) in [6.07, 6.45) is 1.41. The summed E-state index contributed by atoms with van der Waals surface area (Å²) in [6.45, 7) is 5.26. The van der Waals surface area contributed by atoms with Crippen molar-refractivity contribution >= 4 is 17.7 Å². The molecule has 0 saturated heterocycles. The number of nitrogens with zero attached hydrogens (tertiary/aromatic N) is 3. The maximum Gasteiger partial charge on any atom is 0.305 e. The monoisotopic (exact) mass is 265 g/mol. The Labute approximate surface area is 112 Å². The van der Waals surface area contributed by atoms with Crippen LogP contribution in [0.15, 0.2) is 6.07 Å². The molecule has 0 fully saturated rings. The summed E-state index contributed by atoms with van der Waals surface area (Å²) >= 11 is 0. The van der Waals surface area contributed by atoms with Gasteiger partial charge >= 0.3 is 5.97 Å². The molecule has 0 unspecified atom stereocenters. The fourth-order valence-corrected chi connectivity index (χ4v) is 2.23. The highest BCUT2D eigenvalue weighted by Gasteiger charge is 2.25. The smallest absolute Gasteiger partial charge is 0.305 e. The van der Waals surface area contributed by atoms with Crippen molar-refractivity contribution in [1.82, 2.24) is 9.78 Å². The van der Waals surface area contributed by atoms with E-state index in [4.69, 9.17) is 4.74 Å². The van der Waals surface area contributed by atoms with Crippen LogP contribution in [0, 0.1) is 6.92 Å². The van der Waals surface area contributed by atoms with Crippen LogP contribution in [0.1, 0.15) is 31.9 Å². The lowest BCUT2D eigenvalue weighted by Gasteiger charge is -2.27. The standard InChI is InChI=1S/C13H19N3O3/c1-3-19-13(18)5-4-7-15-11-9-10(2)14-16(11)8-6-12(15)17/h9H,3-8H2,1-2H3. The second kappa shape index (κ2) is 5.86. The largest absolute Gasteiger partial charge is 0.466 e. The second-order valence-electron chi connectivity index (χ2n) is 4.57. The van der Waals surface area contributed by atoms with Gasteiger partial charge in [0.05, 0.1) is 18.8 Å².